The lowest BCUT2D eigenvalue weighted by atomic mass is 9.91. The Kier molecular flexibility index (Phi) is 6.61. The number of alkyl halides is 1. The zero-order valence-corrected chi connectivity index (χ0v) is 15.5. The largest absolute Gasteiger partial charge is 0.352 e. The summed E-state index contributed by atoms with van der Waals surface area (Å²) in [6.45, 7) is 6.83. The third-order valence-corrected chi connectivity index (χ3v) is 5.17. The van der Waals surface area contributed by atoms with Crippen molar-refractivity contribution in [2.24, 2.45) is 5.92 Å². The van der Waals surface area contributed by atoms with E-state index in [4.69, 9.17) is 11.6 Å². The normalized spacial score (nSPS) is 16.1. The van der Waals surface area contributed by atoms with Crippen LogP contribution in [-0.2, 0) is 4.79 Å². The standard InChI is InChI=1S/C20H26ClNO2/c1-4-6-12-22-20(24)17-16(18(21)13(3)9-5-2)14-10-7-8-11-15(14)19(17)23/h7-8,10-11,13,18H,4-6,9,12H2,1-3H3,(H,22,24). The predicted octanol–water partition coefficient (Wildman–Crippen LogP) is 4.60. The first-order valence-electron chi connectivity index (χ1n) is 8.83. The molecule has 4 heteroatoms. The van der Waals surface area contributed by atoms with Crippen LogP contribution in [0.3, 0.4) is 0 Å². The molecule has 24 heavy (non-hydrogen) atoms. The number of nitrogens with one attached hydrogen (secondary N) is 1. The zero-order chi connectivity index (χ0) is 17.7. The molecule has 0 saturated carbocycles. The van der Waals surface area contributed by atoms with Gasteiger partial charge in [0, 0.05) is 12.1 Å². The fraction of sp³-hybridized carbons (Fsp3) is 0.500. The molecule has 1 aromatic rings. The first-order chi connectivity index (χ1) is 11.5. The highest BCUT2D eigenvalue weighted by Gasteiger charge is 2.37. The Bertz CT molecular complexity index is 651. The Balaban J connectivity index is 2.42. The van der Waals surface area contributed by atoms with E-state index in [9.17, 15) is 9.59 Å². The molecule has 3 nitrogen and oxygen atoms in total. The van der Waals surface area contributed by atoms with Crippen molar-refractivity contribution in [1.29, 1.82) is 0 Å². The monoisotopic (exact) mass is 347 g/mol. The van der Waals surface area contributed by atoms with Crippen molar-refractivity contribution in [3.63, 3.8) is 0 Å². The van der Waals surface area contributed by atoms with Crippen LogP contribution in [0.25, 0.3) is 5.57 Å². The number of fused-ring (bicyclic) bond motifs is 1. The molecular formula is C20H26ClNO2. The fourth-order valence-electron chi connectivity index (χ4n) is 3.17. The second kappa shape index (κ2) is 8.48. The Morgan fingerprint density at radius 1 is 1.17 bits per heavy atom. The van der Waals surface area contributed by atoms with E-state index in [1.54, 1.807) is 6.07 Å². The van der Waals surface area contributed by atoms with Crippen LogP contribution in [0, 0.1) is 5.92 Å². The number of hydrogen-bond donors (Lipinski definition) is 1. The minimum absolute atomic E-state index is 0.198. The van der Waals surface area contributed by atoms with Gasteiger partial charge in [0.25, 0.3) is 5.91 Å². The minimum Gasteiger partial charge on any atom is -0.352 e. The van der Waals surface area contributed by atoms with Gasteiger partial charge >= 0.3 is 0 Å². The lowest BCUT2D eigenvalue weighted by Crippen LogP contribution is -2.29. The maximum absolute atomic E-state index is 12.8. The number of rotatable bonds is 8. The minimum atomic E-state index is -0.343. The van der Waals surface area contributed by atoms with Gasteiger partial charge in [-0.1, -0.05) is 57.9 Å². The van der Waals surface area contributed by atoms with Gasteiger partial charge in [-0.25, -0.2) is 0 Å². The average Bonchev–Trinajstić information content (AvgIpc) is 2.88. The topological polar surface area (TPSA) is 46.2 Å². The van der Waals surface area contributed by atoms with E-state index in [2.05, 4.69) is 26.1 Å². The summed E-state index contributed by atoms with van der Waals surface area (Å²) >= 11 is 6.72. The number of carbonyl (C=O) groups excluding carboxylic acids is 2. The molecule has 1 aliphatic rings. The van der Waals surface area contributed by atoms with Gasteiger partial charge in [0.2, 0.25) is 0 Å². The number of allylic oxidation sites excluding steroid dienone is 1. The molecule has 2 atom stereocenters. The number of benzene rings is 1. The molecule has 2 rings (SSSR count). The highest BCUT2D eigenvalue weighted by Crippen LogP contribution is 2.40. The second-order valence-corrected chi connectivity index (χ2v) is 6.91. The van der Waals surface area contributed by atoms with Gasteiger partial charge in [-0.2, -0.15) is 0 Å². The van der Waals surface area contributed by atoms with Crippen LogP contribution < -0.4 is 5.32 Å². The average molecular weight is 348 g/mol. The van der Waals surface area contributed by atoms with E-state index < -0.39 is 0 Å². The number of amides is 1. The number of ketones is 1. The van der Waals surface area contributed by atoms with Gasteiger partial charge < -0.3 is 5.32 Å². The Labute approximate surface area is 149 Å². The maximum Gasteiger partial charge on any atom is 0.255 e. The van der Waals surface area contributed by atoms with E-state index in [1.165, 1.54) is 0 Å². The number of Topliss-reactive ketones (excluding diaryl/α,β-unsaturated/α-hetero) is 1. The molecule has 1 N–H and O–H groups in total. The van der Waals surface area contributed by atoms with Crippen LogP contribution >= 0.6 is 11.6 Å². The van der Waals surface area contributed by atoms with Crippen LogP contribution in [0.1, 0.15) is 62.4 Å². The molecule has 1 aliphatic carbocycles. The van der Waals surface area contributed by atoms with Crippen molar-refractivity contribution in [3.05, 3.63) is 41.0 Å². The summed E-state index contributed by atoms with van der Waals surface area (Å²) in [7, 11) is 0. The SMILES string of the molecule is CCCCNC(=O)C1=C(C(Cl)C(C)CCC)c2ccccc2C1=O. The summed E-state index contributed by atoms with van der Waals surface area (Å²) in [4.78, 5) is 25.4. The molecule has 0 aliphatic heterocycles. The number of carbonyl (C=O) groups is 2. The second-order valence-electron chi connectivity index (χ2n) is 6.44. The quantitative estimate of drug-likeness (QED) is 0.424. The highest BCUT2D eigenvalue weighted by atomic mass is 35.5. The summed E-state index contributed by atoms with van der Waals surface area (Å²) in [6.07, 6.45) is 3.86. The first kappa shape index (κ1) is 18.7. The van der Waals surface area contributed by atoms with Crippen LogP contribution in [0.2, 0.25) is 0 Å². The summed E-state index contributed by atoms with van der Waals surface area (Å²) < 4.78 is 0. The van der Waals surface area contributed by atoms with E-state index in [1.807, 2.05) is 18.2 Å². The summed E-state index contributed by atoms with van der Waals surface area (Å²) in [5.41, 5.74) is 2.33. The first-order valence-corrected chi connectivity index (χ1v) is 9.27. The molecule has 0 radical (unpaired) electrons. The van der Waals surface area contributed by atoms with Crippen LogP contribution in [0.5, 0.6) is 0 Å². The van der Waals surface area contributed by atoms with E-state index in [0.717, 1.165) is 31.2 Å². The third-order valence-electron chi connectivity index (χ3n) is 4.52. The lowest BCUT2D eigenvalue weighted by Gasteiger charge is -2.20. The zero-order valence-electron chi connectivity index (χ0n) is 14.7. The molecule has 0 fully saturated rings. The highest BCUT2D eigenvalue weighted by molar-refractivity contribution is 6.39. The van der Waals surface area contributed by atoms with Crippen molar-refractivity contribution >= 4 is 28.9 Å². The van der Waals surface area contributed by atoms with Crippen molar-refractivity contribution < 1.29 is 9.59 Å². The molecule has 0 aromatic heterocycles. The van der Waals surface area contributed by atoms with Gasteiger partial charge in [-0.3, -0.25) is 9.59 Å². The summed E-state index contributed by atoms with van der Waals surface area (Å²) in [5, 5.41) is 2.53. The molecule has 0 heterocycles. The predicted molar refractivity (Wildman–Crippen MR) is 99.3 cm³/mol. The van der Waals surface area contributed by atoms with Crippen molar-refractivity contribution in [3.8, 4) is 0 Å². The van der Waals surface area contributed by atoms with E-state index in [-0.39, 0.29) is 28.6 Å². The lowest BCUT2D eigenvalue weighted by molar-refractivity contribution is -0.117. The van der Waals surface area contributed by atoms with Gasteiger partial charge in [-0.05, 0) is 29.9 Å². The van der Waals surface area contributed by atoms with Gasteiger partial charge in [-0.15, -0.1) is 11.6 Å². The molecule has 130 valence electrons. The Morgan fingerprint density at radius 3 is 2.46 bits per heavy atom. The Hall–Kier alpha value is -1.61. The van der Waals surface area contributed by atoms with Crippen LogP contribution in [-0.4, -0.2) is 23.6 Å². The molecule has 2 unspecified atom stereocenters. The Morgan fingerprint density at radius 2 is 1.83 bits per heavy atom. The number of hydrogen-bond acceptors (Lipinski definition) is 2. The maximum atomic E-state index is 12.8. The van der Waals surface area contributed by atoms with Crippen LogP contribution in [0.15, 0.2) is 29.8 Å². The molecule has 0 bridgehead atoms. The van der Waals surface area contributed by atoms with Crippen molar-refractivity contribution in [2.75, 3.05) is 6.54 Å². The summed E-state index contributed by atoms with van der Waals surface area (Å²) in [5.74, 6) is -0.304. The smallest absolute Gasteiger partial charge is 0.255 e. The van der Waals surface area contributed by atoms with Crippen LogP contribution in [0.4, 0.5) is 0 Å². The molecule has 1 aromatic carbocycles. The molecule has 0 spiro atoms. The number of halogens is 1. The third kappa shape index (κ3) is 3.72. The summed E-state index contributed by atoms with van der Waals surface area (Å²) in [6, 6.07) is 7.38. The number of unbranched alkanes of at least 4 members (excludes halogenated alkanes) is 1. The van der Waals surface area contributed by atoms with Gasteiger partial charge in [0.05, 0.1) is 11.0 Å². The molecule has 0 saturated heterocycles. The van der Waals surface area contributed by atoms with E-state index in [0.29, 0.717) is 17.7 Å². The van der Waals surface area contributed by atoms with Crippen molar-refractivity contribution in [1.82, 2.24) is 5.32 Å². The van der Waals surface area contributed by atoms with Gasteiger partial charge in [0.15, 0.2) is 5.78 Å². The van der Waals surface area contributed by atoms with Crippen molar-refractivity contribution in [2.45, 2.75) is 51.8 Å². The van der Waals surface area contributed by atoms with Gasteiger partial charge in [0.1, 0.15) is 0 Å². The van der Waals surface area contributed by atoms with E-state index >= 15 is 0 Å². The molecular weight excluding hydrogens is 322 g/mol. The molecule has 1 amide bonds. The fourth-order valence-corrected chi connectivity index (χ4v) is 3.53.